The molecule has 1 amide bonds. The van der Waals surface area contributed by atoms with Crippen LogP contribution in [0.5, 0.6) is 0 Å². The number of rotatable bonds is 2. The van der Waals surface area contributed by atoms with Crippen molar-refractivity contribution in [3.05, 3.63) is 63.6 Å². The molecule has 1 aliphatic rings. The van der Waals surface area contributed by atoms with Crippen LogP contribution < -0.4 is 0 Å². The maximum Gasteiger partial charge on any atom is 0.273 e. The highest BCUT2D eigenvalue weighted by molar-refractivity contribution is 7.07. The van der Waals surface area contributed by atoms with Crippen LogP contribution in [0.4, 0.5) is 4.39 Å². The summed E-state index contributed by atoms with van der Waals surface area (Å²) in [4.78, 5) is 27.8. The Kier molecular flexibility index (Phi) is 4.46. The molecule has 132 valence electrons. The summed E-state index contributed by atoms with van der Waals surface area (Å²) in [5.74, 6) is 0.278. The number of amides is 1. The van der Waals surface area contributed by atoms with Crippen molar-refractivity contribution >= 4 is 17.2 Å². The predicted molar refractivity (Wildman–Crippen MR) is 97.6 cm³/mol. The van der Waals surface area contributed by atoms with E-state index in [1.807, 2.05) is 11.8 Å². The highest BCUT2D eigenvalue weighted by Gasteiger charge is 2.23. The second-order valence-corrected chi connectivity index (χ2v) is 6.95. The molecule has 0 bridgehead atoms. The molecule has 4 rings (SSSR count). The number of carbonyl (C=O) groups excluding carboxylic acids is 1. The van der Waals surface area contributed by atoms with Crippen molar-refractivity contribution in [1.82, 2.24) is 19.9 Å². The largest absolute Gasteiger partial charge is 0.337 e. The van der Waals surface area contributed by atoms with Crippen molar-refractivity contribution in [2.24, 2.45) is 0 Å². The van der Waals surface area contributed by atoms with Gasteiger partial charge in [0.1, 0.15) is 11.5 Å². The summed E-state index contributed by atoms with van der Waals surface area (Å²) in [5, 5.41) is 1.78. The monoisotopic (exact) mass is 368 g/mol. The van der Waals surface area contributed by atoms with Crippen molar-refractivity contribution in [1.29, 1.82) is 0 Å². The Balaban J connectivity index is 1.61. The second-order valence-electron chi connectivity index (χ2n) is 6.23. The summed E-state index contributed by atoms with van der Waals surface area (Å²) in [6.45, 7) is 3.19. The zero-order valence-electron chi connectivity index (χ0n) is 14.3. The van der Waals surface area contributed by atoms with Gasteiger partial charge in [-0.1, -0.05) is 0 Å². The minimum atomic E-state index is -0.281. The summed E-state index contributed by atoms with van der Waals surface area (Å²) >= 11 is 1.42. The standard InChI is InChI=1S/C19H17FN4OS/c1-12-15-6-8-24(19(25)17-10-26-11-21-17)9-7-16(15)23-18(22-12)13-2-4-14(20)5-3-13/h2-5,10-11H,6-9H2,1H3. The molecule has 0 aliphatic carbocycles. The molecule has 5 nitrogen and oxygen atoms in total. The van der Waals surface area contributed by atoms with Crippen LogP contribution in [-0.2, 0) is 12.8 Å². The molecule has 0 unspecified atom stereocenters. The third-order valence-electron chi connectivity index (χ3n) is 4.59. The Morgan fingerprint density at radius 2 is 1.92 bits per heavy atom. The number of carbonyl (C=O) groups is 1. The van der Waals surface area contributed by atoms with Gasteiger partial charge < -0.3 is 4.90 Å². The SMILES string of the molecule is Cc1nc(-c2ccc(F)cc2)nc2c1CCN(C(=O)c1cscn1)CC2. The quantitative estimate of drug-likeness (QED) is 0.696. The van der Waals surface area contributed by atoms with E-state index in [1.54, 1.807) is 23.0 Å². The van der Waals surface area contributed by atoms with Gasteiger partial charge in [0.25, 0.3) is 5.91 Å². The highest BCUT2D eigenvalue weighted by Crippen LogP contribution is 2.23. The number of aryl methyl sites for hydroxylation is 1. The Morgan fingerprint density at radius 1 is 1.15 bits per heavy atom. The van der Waals surface area contributed by atoms with Gasteiger partial charge in [-0.05, 0) is 43.2 Å². The van der Waals surface area contributed by atoms with Crippen molar-refractivity contribution in [3.63, 3.8) is 0 Å². The first-order chi connectivity index (χ1) is 12.6. The molecule has 7 heteroatoms. The van der Waals surface area contributed by atoms with Gasteiger partial charge in [-0.2, -0.15) is 0 Å². The molecule has 0 atom stereocenters. The summed E-state index contributed by atoms with van der Waals surface area (Å²) < 4.78 is 13.2. The summed E-state index contributed by atoms with van der Waals surface area (Å²) in [7, 11) is 0. The topological polar surface area (TPSA) is 59.0 Å². The molecule has 0 saturated carbocycles. The van der Waals surface area contributed by atoms with Crippen LogP contribution >= 0.6 is 11.3 Å². The number of fused-ring (bicyclic) bond motifs is 1. The molecule has 26 heavy (non-hydrogen) atoms. The van der Waals surface area contributed by atoms with Gasteiger partial charge in [0.05, 0.1) is 5.51 Å². The molecule has 1 aromatic carbocycles. The number of hydrogen-bond acceptors (Lipinski definition) is 5. The van der Waals surface area contributed by atoms with Crippen LogP contribution in [-0.4, -0.2) is 38.8 Å². The van der Waals surface area contributed by atoms with E-state index in [9.17, 15) is 9.18 Å². The number of thiazole rings is 1. The van der Waals surface area contributed by atoms with Gasteiger partial charge in [0.15, 0.2) is 5.82 Å². The van der Waals surface area contributed by atoms with Gasteiger partial charge in [0.2, 0.25) is 0 Å². The molecule has 2 aromatic heterocycles. The van der Waals surface area contributed by atoms with E-state index in [1.165, 1.54) is 23.5 Å². The van der Waals surface area contributed by atoms with Gasteiger partial charge in [0, 0.05) is 41.8 Å². The van der Waals surface area contributed by atoms with Crippen LogP contribution in [0.25, 0.3) is 11.4 Å². The number of hydrogen-bond donors (Lipinski definition) is 0. The average Bonchev–Trinajstić information content (AvgIpc) is 3.09. The van der Waals surface area contributed by atoms with Crippen LogP contribution in [0.1, 0.15) is 27.4 Å². The molecule has 0 radical (unpaired) electrons. The molecular formula is C19H17FN4OS. The van der Waals surface area contributed by atoms with Gasteiger partial charge in [-0.3, -0.25) is 4.79 Å². The minimum Gasteiger partial charge on any atom is -0.337 e. The third kappa shape index (κ3) is 3.22. The van der Waals surface area contributed by atoms with Crippen LogP contribution in [0, 0.1) is 12.7 Å². The maximum absolute atomic E-state index is 13.2. The van der Waals surface area contributed by atoms with Crippen molar-refractivity contribution < 1.29 is 9.18 Å². The highest BCUT2D eigenvalue weighted by atomic mass is 32.1. The van der Waals surface area contributed by atoms with E-state index in [0.717, 1.165) is 28.9 Å². The normalized spacial score (nSPS) is 14.0. The fourth-order valence-electron chi connectivity index (χ4n) is 3.20. The van der Waals surface area contributed by atoms with Crippen LogP contribution in [0.15, 0.2) is 35.2 Å². The predicted octanol–water partition coefficient (Wildman–Crippen LogP) is 3.29. The molecule has 0 saturated heterocycles. The maximum atomic E-state index is 13.2. The van der Waals surface area contributed by atoms with E-state index in [0.29, 0.717) is 31.0 Å². The Bertz CT molecular complexity index is 941. The summed E-state index contributed by atoms with van der Waals surface area (Å²) in [5.41, 5.74) is 5.93. The lowest BCUT2D eigenvalue weighted by Crippen LogP contribution is -2.33. The summed E-state index contributed by atoms with van der Waals surface area (Å²) in [6.07, 6.45) is 1.39. The molecule has 1 aliphatic heterocycles. The Morgan fingerprint density at radius 3 is 2.65 bits per heavy atom. The first-order valence-corrected chi connectivity index (χ1v) is 9.36. The van der Waals surface area contributed by atoms with Gasteiger partial charge >= 0.3 is 0 Å². The molecule has 0 N–H and O–H groups in total. The van der Waals surface area contributed by atoms with E-state index in [2.05, 4.69) is 9.97 Å². The summed E-state index contributed by atoms with van der Waals surface area (Å²) in [6, 6.07) is 6.19. The minimum absolute atomic E-state index is 0.0385. The molecule has 0 fully saturated rings. The fourth-order valence-corrected chi connectivity index (χ4v) is 3.72. The van der Waals surface area contributed by atoms with Crippen molar-refractivity contribution in [2.45, 2.75) is 19.8 Å². The molecule has 3 heterocycles. The zero-order chi connectivity index (χ0) is 18.1. The zero-order valence-corrected chi connectivity index (χ0v) is 15.1. The lowest BCUT2D eigenvalue weighted by Gasteiger charge is -2.18. The molecule has 0 spiro atoms. The average molecular weight is 368 g/mol. The Labute approximate surface area is 154 Å². The molecular weight excluding hydrogens is 351 g/mol. The fraction of sp³-hybridized carbons (Fsp3) is 0.263. The van der Waals surface area contributed by atoms with Gasteiger partial charge in [-0.15, -0.1) is 11.3 Å². The van der Waals surface area contributed by atoms with Crippen molar-refractivity contribution in [2.75, 3.05) is 13.1 Å². The second kappa shape index (κ2) is 6.92. The van der Waals surface area contributed by atoms with Crippen LogP contribution in [0.3, 0.4) is 0 Å². The lowest BCUT2D eigenvalue weighted by molar-refractivity contribution is 0.0758. The Hall–Kier alpha value is -2.67. The van der Waals surface area contributed by atoms with E-state index >= 15 is 0 Å². The number of nitrogens with zero attached hydrogens (tertiary/aromatic N) is 4. The first-order valence-electron chi connectivity index (χ1n) is 8.41. The third-order valence-corrected chi connectivity index (χ3v) is 5.18. The smallest absolute Gasteiger partial charge is 0.273 e. The lowest BCUT2D eigenvalue weighted by atomic mass is 10.1. The number of halogens is 1. The van der Waals surface area contributed by atoms with Gasteiger partial charge in [-0.25, -0.2) is 19.3 Å². The van der Waals surface area contributed by atoms with E-state index in [4.69, 9.17) is 4.98 Å². The van der Waals surface area contributed by atoms with Crippen LogP contribution in [0.2, 0.25) is 0 Å². The van der Waals surface area contributed by atoms with Crippen molar-refractivity contribution in [3.8, 4) is 11.4 Å². The first kappa shape index (κ1) is 16.8. The number of benzene rings is 1. The molecule has 3 aromatic rings. The number of aromatic nitrogens is 3. The van der Waals surface area contributed by atoms with E-state index in [-0.39, 0.29) is 11.7 Å². The van der Waals surface area contributed by atoms with E-state index < -0.39 is 0 Å².